The van der Waals surface area contributed by atoms with Crippen LogP contribution in [0.5, 0.6) is 0 Å². The largest absolute Gasteiger partial charge is 0.459 e. The van der Waals surface area contributed by atoms with E-state index in [0.717, 1.165) is 11.1 Å². The van der Waals surface area contributed by atoms with Gasteiger partial charge in [0.2, 0.25) is 5.28 Å². The summed E-state index contributed by atoms with van der Waals surface area (Å²) in [5.41, 5.74) is 3.38. The summed E-state index contributed by atoms with van der Waals surface area (Å²) in [5.74, 6) is -0.983. The van der Waals surface area contributed by atoms with Gasteiger partial charge in [0.05, 0.1) is 16.5 Å². The molecule has 8 nitrogen and oxygen atoms in total. The first kappa shape index (κ1) is 25.2. The van der Waals surface area contributed by atoms with Crippen LogP contribution in [0.15, 0.2) is 60.8 Å². The number of nitrogens with zero attached hydrogens (tertiary/aromatic N) is 3. The molecule has 3 heterocycles. The normalized spacial score (nSPS) is 19.2. The van der Waals surface area contributed by atoms with Gasteiger partial charge in [-0.25, -0.2) is 14.6 Å². The minimum absolute atomic E-state index is 0.00127. The fourth-order valence-corrected chi connectivity index (χ4v) is 4.61. The molecule has 0 bridgehead atoms. The molecule has 1 fully saturated rings. The Morgan fingerprint density at radius 1 is 0.946 bits per heavy atom. The van der Waals surface area contributed by atoms with Crippen LogP contribution in [0.1, 0.15) is 44.5 Å². The lowest BCUT2D eigenvalue weighted by Crippen LogP contribution is -2.32. The van der Waals surface area contributed by atoms with Crippen LogP contribution >= 0.6 is 23.2 Å². The number of carbonyl (C=O) groups excluding carboxylic acids is 2. The van der Waals surface area contributed by atoms with Crippen molar-refractivity contribution in [3.05, 3.63) is 93.5 Å². The molecule has 0 amide bonds. The Hall–Kier alpha value is -3.46. The van der Waals surface area contributed by atoms with Gasteiger partial charge in [0.25, 0.3) is 0 Å². The van der Waals surface area contributed by atoms with Crippen molar-refractivity contribution >= 4 is 46.2 Å². The predicted molar refractivity (Wildman–Crippen MR) is 138 cm³/mol. The molecule has 0 unspecified atom stereocenters. The van der Waals surface area contributed by atoms with Gasteiger partial charge < -0.3 is 18.8 Å². The van der Waals surface area contributed by atoms with Crippen LogP contribution in [0, 0.1) is 13.8 Å². The van der Waals surface area contributed by atoms with E-state index in [2.05, 4.69) is 9.97 Å². The third-order valence-electron chi connectivity index (χ3n) is 6.20. The molecule has 2 aromatic carbocycles. The molecule has 5 rings (SSSR count). The Balaban J connectivity index is 1.37. The van der Waals surface area contributed by atoms with E-state index < -0.39 is 30.4 Å². The molecule has 2 aromatic heterocycles. The number of rotatable bonds is 6. The second kappa shape index (κ2) is 10.5. The fourth-order valence-electron chi connectivity index (χ4n) is 4.18. The molecule has 1 saturated heterocycles. The lowest BCUT2D eigenvalue weighted by atomic mass is 10.1. The fraction of sp³-hybridized carbons (Fsp3) is 0.259. The maximum Gasteiger partial charge on any atom is 0.338 e. The lowest BCUT2D eigenvalue weighted by molar-refractivity contribution is -0.0562. The maximum absolute atomic E-state index is 12.9. The summed E-state index contributed by atoms with van der Waals surface area (Å²) < 4.78 is 19.4. The van der Waals surface area contributed by atoms with Crippen LogP contribution < -0.4 is 0 Å². The summed E-state index contributed by atoms with van der Waals surface area (Å²) in [5, 5.41) is 0.830. The maximum atomic E-state index is 12.9. The van der Waals surface area contributed by atoms with Crippen molar-refractivity contribution in [2.75, 3.05) is 6.61 Å². The molecule has 190 valence electrons. The van der Waals surface area contributed by atoms with Crippen molar-refractivity contribution in [3.8, 4) is 0 Å². The molecule has 0 spiro atoms. The minimum Gasteiger partial charge on any atom is -0.459 e. The lowest BCUT2D eigenvalue weighted by Gasteiger charge is -2.19. The van der Waals surface area contributed by atoms with Crippen molar-refractivity contribution in [2.45, 2.75) is 38.7 Å². The van der Waals surface area contributed by atoms with Gasteiger partial charge in [0.15, 0.2) is 0 Å². The van der Waals surface area contributed by atoms with Crippen molar-refractivity contribution < 1.29 is 23.8 Å². The van der Waals surface area contributed by atoms with Gasteiger partial charge in [-0.2, -0.15) is 4.98 Å². The Morgan fingerprint density at radius 2 is 1.57 bits per heavy atom. The highest BCUT2D eigenvalue weighted by Crippen LogP contribution is 2.35. The topological polar surface area (TPSA) is 92.5 Å². The molecule has 37 heavy (non-hydrogen) atoms. The number of hydrogen-bond acceptors (Lipinski definition) is 7. The Labute approximate surface area is 223 Å². The highest BCUT2D eigenvalue weighted by Gasteiger charge is 2.40. The van der Waals surface area contributed by atoms with Crippen LogP contribution in [0.2, 0.25) is 10.4 Å². The molecule has 0 aliphatic carbocycles. The molecule has 0 N–H and O–H groups in total. The standard InChI is InChI=1S/C27H23Cl2N3O5/c1-15-3-7-17(8-4-15)25(33)35-14-21-20(37-26(34)18-9-5-16(2)6-10-18)13-22(36-21)32-12-11-19-23(28)30-27(29)31-24(19)32/h3-12,20-22H,13-14H2,1-2H3/t20-,21+,22+/m0/s1. The Morgan fingerprint density at radius 3 is 2.22 bits per heavy atom. The van der Waals surface area contributed by atoms with Gasteiger partial charge in [0.1, 0.15) is 35.8 Å². The number of hydrogen-bond donors (Lipinski definition) is 0. The highest BCUT2D eigenvalue weighted by molar-refractivity contribution is 6.35. The second-order valence-electron chi connectivity index (χ2n) is 8.88. The summed E-state index contributed by atoms with van der Waals surface area (Å²) in [7, 11) is 0. The third kappa shape index (κ3) is 5.46. The molecule has 0 saturated carbocycles. The number of benzene rings is 2. The van der Waals surface area contributed by atoms with E-state index in [4.69, 9.17) is 37.4 Å². The Kier molecular flexibility index (Phi) is 7.15. The summed E-state index contributed by atoms with van der Waals surface area (Å²) in [4.78, 5) is 33.8. The molecule has 1 aliphatic heterocycles. The molecular formula is C27H23Cl2N3O5. The van der Waals surface area contributed by atoms with E-state index in [1.54, 1.807) is 41.1 Å². The summed E-state index contributed by atoms with van der Waals surface area (Å²) in [6.07, 6.45) is 0.0892. The van der Waals surface area contributed by atoms with E-state index in [1.165, 1.54) is 0 Å². The smallest absolute Gasteiger partial charge is 0.338 e. The van der Waals surface area contributed by atoms with Crippen molar-refractivity contribution in [1.29, 1.82) is 0 Å². The third-order valence-corrected chi connectivity index (χ3v) is 6.66. The van der Waals surface area contributed by atoms with Crippen molar-refractivity contribution in [1.82, 2.24) is 14.5 Å². The number of esters is 2. The van der Waals surface area contributed by atoms with Gasteiger partial charge in [-0.3, -0.25) is 0 Å². The van der Waals surface area contributed by atoms with E-state index >= 15 is 0 Å². The number of fused-ring (bicyclic) bond motifs is 1. The predicted octanol–water partition coefficient (Wildman–Crippen LogP) is 5.73. The molecule has 4 aromatic rings. The first-order chi connectivity index (χ1) is 17.8. The van der Waals surface area contributed by atoms with Gasteiger partial charge in [-0.1, -0.05) is 47.0 Å². The average Bonchev–Trinajstić information content (AvgIpc) is 3.47. The number of ether oxygens (including phenoxy) is 3. The number of aromatic nitrogens is 3. The number of aryl methyl sites for hydroxylation is 2. The summed E-state index contributed by atoms with van der Waals surface area (Å²) in [6, 6.07) is 15.9. The van der Waals surface area contributed by atoms with Crippen molar-refractivity contribution in [3.63, 3.8) is 0 Å². The van der Waals surface area contributed by atoms with Crippen LogP contribution in [-0.2, 0) is 14.2 Å². The minimum atomic E-state index is -0.709. The molecule has 3 atom stereocenters. The van der Waals surface area contributed by atoms with Gasteiger partial charge >= 0.3 is 11.9 Å². The zero-order valence-electron chi connectivity index (χ0n) is 20.1. The zero-order chi connectivity index (χ0) is 26.1. The van der Waals surface area contributed by atoms with Gasteiger partial charge in [0, 0.05) is 12.6 Å². The van der Waals surface area contributed by atoms with Gasteiger partial charge in [-0.05, 0) is 55.8 Å². The SMILES string of the molecule is Cc1ccc(C(=O)OC[C@H]2O[C@@H](n3ccc4c(Cl)nc(Cl)nc43)C[C@@H]2OC(=O)c2ccc(C)cc2)cc1. The van der Waals surface area contributed by atoms with Gasteiger partial charge in [-0.15, -0.1) is 0 Å². The first-order valence-corrected chi connectivity index (χ1v) is 12.4. The number of carbonyl (C=O) groups is 2. The summed E-state index contributed by atoms with van der Waals surface area (Å²) >= 11 is 12.3. The van der Waals surface area contributed by atoms with E-state index in [-0.39, 0.29) is 17.0 Å². The molecule has 1 aliphatic rings. The summed E-state index contributed by atoms with van der Waals surface area (Å²) in [6.45, 7) is 3.77. The number of halogens is 2. The highest BCUT2D eigenvalue weighted by atomic mass is 35.5. The zero-order valence-corrected chi connectivity index (χ0v) is 21.6. The van der Waals surface area contributed by atoms with Crippen LogP contribution in [0.4, 0.5) is 0 Å². The Bertz CT molecular complexity index is 1450. The van der Waals surface area contributed by atoms with E-state index in [9.17, 15) is 9.59 Å². The molecular weight excluding hydrogens is 517 g/mol. The van der Waals surface area contributed by atoms with Crippen LogP contribution in [0.3, 0.4) is 0 Å². The second-order valence-corrected chi connectivity index (χ2v) is 9.58. The van der Waals surface area contributed by atoms with Crippen molar-refractivity contribution in [2.24, 2.45) is 0 Å². The van der Waals surface area contributed by atoms with Crippen LogP contribution in [-0.4, -0.2) is 45.3 Å². The monoisotopic (exact) mass is 539 g/mol. The van der Waals surface area contributed by atoms with E-state index in [1.807, 2.05) is 38.1 Å². The van der Waals surface area contributed by atoms with E-state index in [0.29, 0.717) is 28.6 Å². The quantitative estimate of drug-likeness (QED) is 0.175. The molecule has 0 radical (unpaired) electrons. The molecule has 10 heteroatoms. The van der Waals surface area contributed by atoms with Crippen LogP contribution in [0.25, 0.3) is 11.0 Å². The average molecular weight is 540 g/mol. The first-order valence-electron chi connectivity index (χ1n) is 11.6.